The Morgan fingerprint density at radius 3 is 2.28 bits per heavy atom. The lowest BCUT2D eigenvalue weighted by Crippen LogP contribution is -2.36. The van der Waals surface area contributed by atoms with Crippen molar-refractivity contribution in [2.24, 2.45) is 11.8 Å². The molecule has 1 aromatic carbocycles. The van der Waals surface area contributed by atoms with Crippen molar-refractivity contribution in [3.05, 3.63) is 35.6 Å². The number of carbonyl (C=O) groups is 3. The molecule has 3 atom stereocenters. The highest BCUT2D eigenvalue weighted by Gasteiger charge is 2.47. The zero-order valence-electron chi connectivity index (χ0n) is 14.3. The number of benzene rings is 1. The highest BCUT2D eigenvalue weighted by Crippen LogP contribution is 2.37. The van der Waals surface area contributed by atoms with Crippen molar-refractivity contribution in [2.45, 2.75) is 45.1 Å². The summed E-state index contributed by atoms with van der Waals surface area (Å²) >= 11 is 0. The zero-order valence-corrected chi connectivity index (χ0v) is 14.3. The molecule has 2 fully saturated rings. The maximum absolute atomic E-state index is 12.9. The van der Waals surface area contributed by atoms with Gasteiger partial charge >= 0.3 is 0 Å². The summed E-state index contributed by atoms with van der Waals surface area (Å²) in [6, 6.07) is 5.68. The summed E-state index contributed by atoms with van der Waals surface area (Å²) in [5, 5.41) is 2.82. The van der Waals surface area contributed by atoms with Crippen LogP contribution in [0.3, 0.4) is 0 Å². The zero-order chi connectivity index (χ0) is 18.0. The number of fused-ring (bicyclic) bond motifs is 1. The molecular formula is C19H23FN2O3. The summed E-state index contributed by atoms with van der Waals surface area (Å²) in [4.78, 5) is 38.2. The van der Waals surface area contributed by atoms with Crippen molar-refractivity contribution in [3.8, 4) is 0 Å². The lowest BCUT2D eigenvalue weighted by molar-refractivity contribution is -0.140. The molecule has 0 bridgehead atoms. The number of imide groups is 1. The van der Waals surface area contributed by atoms with E-state index in [1.54, 1.807) is 12.1 Å². The van der Waals surface area contributed by atoms with E-state index in [1.807, 2.05) is 6.92 Å². The fraction of sp³-hybridized carbons (Fsp3) is 0.526. The average molecular weight is 346 g/mol. The molecule has 1 aromatic rings. The molecule has 2 aliphatic rings. The van der Waals surface area contributed by atoms with E-state index in [-0.39, 0.29) is 54.4 Å². The summed E-state index contributed by atoms with van der Waals surface area (Å²) in [5.41, 5.74) is 0.800. The van der Waals surface area contributed by atoms with Gasteiger partial charge in [-0.25, -0.2) is 4.39 Å². The Hall–Kier alpha value is -2.24. The van der Waals surface area contributed by atoms with Gasteiger partial charge in [0.05, 0.1) is 17.9 Å². The van der Waals surface area contributed by atoms with Gasteiger partial charge in [-0.1, -0.05) is 25.0 Å². The largest absolute Gasteiger partial charge is 0.350 e. The Bertz CT molecular complexity index is 650. The summed E-state index contributed by atoms with van der Waals surface area (Å²) < 4.78 is 12.9. The third-order valence-corrected chi connectivity index (χ3v) is 5.24. The van der Waals surface area contributed by atoms with E-state index < -0.39 is 0 Å². The van der Waals surface area contributed by atoms with Gasteiger partial charge in [-0.05, 0) is 37.5 Å². The molecule has 1 N–H and O–H groups in total. The van der Waals surface area contributed by atoms with Crippen LogP contribution in [0, 0.1) is 17.7 Å². The van der Waals surface area contributed by atoms with Gasteiger partial charge in [-0.3, -0.25) is 19.3 Å². The van der Waals surface area contributed by atoms with Crippen LogP contribution in [0.1, 0.15) is 50.6 Å². The number of likely N-dealkylation sites (tertiary alicyclic amines) is 1. The van der Waals surface area contributed by atoms with Crippen LogP contribution in [-0.2, 0) is 14.4 Å². The van der Waals surface area contributed by atoms with E-state index in [0.717, 1.165) is 31.2 Å². The Morgan fingerprint density at radius 1 is 1.16 bits per heavy atom. The summed E-state index contributed by atoms with van der Waals surface area (Å²) in [6.45, 7) is 1.94. The lowest BCUT2D eigenvalue weighted by atomic mass is 9.81. The molecule has 1 saturated carbocycles. The SMILES string of the molecule is C[C@@H](NC(=O)CCN1C(=O)[C@H]2CCCC[C@@H]2C1=O)c1ccc(F)cc1. The Balaban J connectivity index is 1.52. The van der Waals surface area contributed by atoms with E-state index >= 15 is 0 Å². The molecule has 0 radical (unpaired) electrons. The van der Waals surface area contributed by atoms with E-state index in [0.29, 0.717) is 0 Å². The molecule has 0 aromatic heterocycles. The van der Waals surface area contributed by atoms with Crippen LogP contribution in [-0.4, -0.2) is 29.2 Å². The molecule has 25 heavy (non-hydrogen) atoms. The number of hydrogen-bond donors (Lipinski definition) is 1. The van der Waals surface area contributed by atoms with E-state index in [9.17, 15) is 18.8 Å². The maximum atomic E-state index is 12.9. The van der Waals surface area contributed by atoms with Gasteiger partial charge < -0.3 is 5.32 Å². The molecule has 1 saturated heterocycles. The predicted molar refractivity (Wildman–Crippen MR) is 89.7 cm³/mol. The normalized spacial score (nSPS) is 24.2. The first-order valence-corrected chi connectivity index (χ1v) is 8.87. The van der Waals surface area contributed by atoms with Crippen LogP contribution >= 0.6 is 0 Å². The van der Waals surface area contributed by atoms with Gasteiger partial charge in [0.2, 0.25) is 17.7 Å². The number of halogens is 1. The van der Waals surface area contributed by atoms with E-state index in [4.69, 9.17) is 0 Å². The first-order valence-electron chi connectivity index (χ1n) is 8.87. The fourth-order valence-corrected chi connectivity index (χ4v) is 3.81. The highest BCUT2D eigenvalue weighted by atomic mass is 19.1. The van der Waals surface area contributed by atoms with Gasteiger partial charge in [0.25, 0.3) is 0 Å². The molecule has 1 aliphatic heterocycles. The number of hydrogen-bond acceptors (Lipinski definition) is 3. The van der Waals surface area contributed by atoms with Crippen LogP contribution in [0.5, 0.6) is 0 Å². The number of nitrogens with one attached hydrogen (secondary N) is 1. The molecule has 1 heterocycles. The Labute approximate surface area is 146 Å². The molecule has 0 spiro atoms. The highest BCUT2D eigenvalue weighted by molar-refractivity contribution is 6.05. The van der Waals surface area contributed by atoms with Gasteiger partial charge in [0.15, 0.2) is 0 Å². The summed E-state index contributed by atoms with van der Waals surface area (Å²) in [6.07, 6.45) is 3.62. The quantitative estimate of drug-likeness (QED) is 0.833. The molecule has 0 unspecified atom stereocenters. The van der Waals surface area contributed by atoms with E-state index in [2.05, 4.69) is 5.32 Å². The van der Waals surface area contributed by atoms with Crippen molar-refractivity contribution in [3.63, 3.8) is 0 Å². The standard InChI is InChI=1S/C19H23FN2O3/c1-12(13-6-8-14(20)9-7-13)21-17(23)10-11-22-18(24)15-4-2-3-5-16(15)19(22)25/h6-9,12,15-16H,2-5,10-11H2,1H3,(H,21,23)/t12-,15+,16+/m1/s1. The van der Waals surface area contributed by atoms with Crippen LogP contribution in [0.2, 0.25) is 0 Å². The number of amides is 3. The second kappa shape index (κ2) is 7.33. The van der Waals surface area contributed by atoms with E-state index in [1.165, 1.54) is 17.0 Å². The number of nitrogens with zero attached hydrogens (tertiary/aromatic N) is 1. The van der Waals surface area contributed by atoms with Crippen molar-refractivity contribution in [2.75, 3.05) is 6.54 Å². The van der Waals surface area contributed by atoms with Crippen LogP contribution in [0.4, 0.5) is 4.39 Å². The summed E-state index contributed by atoms with van der Waals surface area (Å²) in [5.74, 6) is -1.14. The Morgan fingerprint density at radius 2 is 1.72 bits per heavy atom. The van der Waals surface area contributed by atoms with Gasteiger partial charge in [0.1, 0.15) is 5.82 Å². The van der Waals surface area contributed by atoms with Crippen molar-refractivity contribution < 1.29 is 18.8 Å². The topological polar surface area (TPSA) is 66.5 Å². The van der Waals surface area contributed by atoms with Gasteiger partial charge in [-0.2, -0.15) is 0 Å². The second-order valence-electron chi connectivity index (χ2n) is 6.92. The minimum absolute atomic E-state index is 0.0858. The van der Waals surface area contributed by atoms with Crippen LogP contribution in [0.25, 0.3) is 0 Å². The van der Waals surface area contributed by atoms with Gasteiger partial charge in [-0.15, -0.1) is 0 Å². The average Bonchev–Trinajstić information content (AvgIpc) is 2.85. The first-order chi connectivity index (χ1) is 12.0. The molecule has 3 amide bonds. The van der Waals surface area contributed by atoms with Crippen LogP contribution < -0.4 is 5.32 Å². The monoisotopic (exact) mass is 346 g/mol. The van der Waals surface area contributed by atoms with Crippen molar-refractivity contribution in [1.82, 2.24) is 10.2 Å². The van der Waals surface area contributed by atoms with Crippen molar-refractivity contribution >= 4 is 17.7 Å². The second-order valence-corrected chi connectivity index (χ2v) is 6.92. The summed E-state index contributed by atoms with van der Waals surface area (Å²) in [7, 11) is 0. The number of carbonyl (C=O) groups excluding carboxylic acids is 3. The molecule has 134 valence electrons. The lowest BCUT2D eigenvalue weighted by Gasteiger charge is -2.19. The smallest absolute Gasteiger partial charge is 0.233 e. The molecular weight excluding hydrogens is 323 g/mol. The fourth-order valence-electron chi connectivity index (χ4n) is 3.81. The third-order valence-electron chi connectivity index (χ3n) is 5.24. The molecule has 3 rings (SSSR count). The van der Waals surface area contributed by atoms with Crippen molar-refractivity contribution in [1.29, 1.82) is 0 Å². The van der Waals surface area contributed by atoms with Gasteiger partial charge in [0, 0.05) is 13.0 Å². The molecule has 1 aliphatic carbocycles. The predicted octanol–water partition coefficient (Wildman–Crippen LogP) is 2.57. The minimum Gasteiger partial charge on any atom is -0.350 e. The molecule has 5 nitrogen and oxygen atoms in total. The van der Waals surface area contributed by atoms with Crippen LogP contribution in [0.15, 0.2) is 24.3 Å². The number of rotatable bonds is 5. The molecule has 6 heteroatoms. The Kier molecular flexibility index (Phi) is 5.16. The minimum atomic E-state index is -0.324. The first kappa shape index (κ1) is 17.6. The maximum Gasteiger partial charge on any atom is 0.233 e. The third kappa shape index (κ3) is 3.72.